The molecule has 2 N–H and O–H groups in total. The molecule has 0 fully saturated rings. The molecular formula is C15H16ClN3O2. The summed E-state index contributed by atoms with van der Waals surface area (Å²) < 4.78 is 5.04. The normalized spacial score (nSPS) is 10.2. The fraction of sp³-hybridized carbons (Fsp3) is 0.200. The number of carbonyl (C=O) groups is 1. The Labute approximate surface area is 128 Å². The Balaban J connectivity index is 1.79. The van der Waals surface area contributed by atoms with Gasteiger partial charge < -0.3 is 15.4 Å². The van der Waals surface area contributed by atoms with Gasteiger partial charge in [-0.15, -0.1) is 0 Å². The summed E-state index contributed by atoms with van der Waals surface area (Å²) in [5, 5.41) is 6.42. The van der Waals surface area contributed by atoms with Gasteiger partial charge in [-0.05, 0) is 29.8 Å². The number of ether oxygens (including phenoxy) is 1. The van der Waals surface area contributed by atoms with E-state index < -0.39 is 0 Å². The van der Waals surface area contributed by atoms with Crippen molar-refractivity contribution >= 4 is 23.2 Å². The Hall–Kier alpha value is -2.11. The van der Waals surface area contributed by atoms with E-state index in [4.69, 9.17) is 16.3 Å². The molecule has 0 radical (unpaired) electrons. The lowest BCUT2D eigenvalue weighted by molar-refractivity contribution is -0.115. The van der Waals surface area contributed by atoms with Crippen molar-refractivity contribution in [2.75, 3.05) is 19.0 Å². The second-order valence-corrected chi connectivity index (χ2v) is 4.80. The second kappa shape index (κ2) is 7.61. The number of hydrogen-bond donors (Lipinski definition) is 2. The fourth-order valence-electron chi connectivity index (χ4n) is 1.76. The third-order valence-electron chi connectivity index (χ3n) is 2.73. The molecule has 2 rings (SSSR count). The molecule has 1 aromatic heterocycles. The standard InChI is InChI=1S/C15H16ClN3O2/c1-21-15-7-11(5-6-18-15)9-17-10-14(20)19-13-4-2-3-12(16)8-13/h2-8,17H,9-10H2,1H3,(H,19,20). The predicted molar refractivity (Wildman–Crippen MR) is 82.6 cm³/mol. The molecule has 2 aromatic rings. The lowest BCUT2D eigenvalue weighted by Gasteiger charge is -2.07. The Morgan fingerprint density at radius 3 is 2.95 bits per heavy atom. The van der Waals surface area contributed by atoms with Gasteiger partial charge >= 0.3 is 0 Å². The van der Waals surface area contributed by atoms with E-state index in [2.05, 4.69) is 15.6 Å². The molecule has 0 saturated carbocycles. The molecule has 0 spiro atoms. The van der Waals surface area contributed by atoms with Crippen molar-refractivity contribution in [1.29, 1.82) is 0 Å². The third-order valence-corrected chi connectivity index (χ3v) is 2.97. The first-order valence-corrected chi connectivity index (χ1v) is 6.80. The van der Waals surface area contributed by atoms with Crippen LogP contribution in [0.4, 0.5) is 5.69 Å². The molecule has 0 unspecified atom stereocenters. The molecule has 0 saturated heterocycles. The number of carbonyl (C=O) groups excluding carboxylic acids is 1. The number of halogens is 1. The van der Waals surface area contributed by atoms with Crippen molar-refractivity contribution in [2.24, 2.45) is 0 Å². The highest BCUT2D eigenvalue weighted by Gasteiger charge is 2.03. The summed E-state index contributed by atoms with van der Waals surface area (Å²) in [6, 6.07) is 10.7. The molecule has 5 nitrogen and oxygen atoms in total. The summed E-state index contributed by atoms with van der Waals surface area (Å²) >= 11 is 5.86. The molecule has 1 heterocycles. The van der Waals surface area contributed by atoms with Crippen molar-refractivity contribution in [3.8, 4) is 5.88 Å². The number of hydrogen-bond acceptors (Lipinski definition) is 4. The zero-order chi connectivity index (χ0) is 15.1. The number of methoxy groups -OCH3 is 1. The molecule has 0 atom stereocenters. The van der Waals surface area contributed by atoms with Gasteiger partial charge in [0.25, 0.3) is 0 Å². The Morgan fingerprint density at radius 1 is 1.33 bits per heavy atom. The molecule has 1 aromatic carbocycles. The number of anilines is 1. The Kier molecular flexibility index (Phi) is 5.54. The Bertz CT molecular complexity index is 619. The van der Waals surface area contributed by atoms with Crippen LogP contribution in [0.25, 0.3) is 0 Å². The molecule has 0 bridgehead atoms. The zero-order valence-electron chi connectivity index (χ0n) is 11.6. The fourth-order valence-corrected chi connectivity index (χ4v) is 1.95. The first-order chi connectivity index (χ1) is 10.2. The van der Waals surface area contributed by atoms with E-state index in [1.54, 1.807) is 37.6 Å². The van der Waals surface area contributed by atoms with E-state index in [0.29, 0.717) is 23.1 Å². The van der Waals surface area contributed by atoms with Crippen LogP contribution in [0.2, 0.25) is 5.02 Å². The molecular weight excluding hydrogens is 290 g/mol. The van der Waals surface area contributed by atoms with E-state index in [1.807, 2.05) is 12.1 Å². The van der Waals surface area contributed by atoms with Crippen LogP contribution in [0.5, 0.6) is 5.88 Å². The van der Waals surface area contributed by atoms with Gasteiger partial charge in [-0.25, -0.2) is 4.98 Å². The number of amides is 1. The van der Waals surface area contributed by atoms with Gasteiger partial charge in [-0.1, -0.05) is 17.7 Å². The second-order valence-electron chi connectivity index (χ2n) is 4.37. The quantitative estimate of drug-likeness (QED) is 0.860. The van der Waals surface area contributed by atoms with Crippen molar-refractivity contribution in [2.45, 2.75) is 6.54 Å². The Morgan fingerprint density at radius 2 is 2.19 bits per heavy atom. The molecule has 110 valence electrons. The summed E-state index contributed by atoms with van der Waals surface area (Å²) in [6.07, 6.45) is 1.67. The maximum absolute atomic E-state index is 11.8. The minimum Gasteiger partial charge on any atom is -0.481 e. The maximum Gasteiger partial charge on any atom is 0.238 e. The average Bonchev–Trinajstić information content (AvgIpc) is 2.47. The number of benzene rings is 1. The van der Waals surface area contributed by atoms with Gasteiger partial charge in [0.2, 0.25) is 11.8 Å². The smallest absolute Gasteiger partial charge is 0.238 e. The minimum atomic E-state index is -0.127. The van der Waals surface area contributed by atoms with Gasteiger partial charge in [0.05, 0.1) is 13.7 Å². The summed E-state index contributed by atoms with van der Waals surface area (Å²) in [4.78, 5) is 15.8. The zero-order valence-corrected chi connectivity index (χ0v) is 12.4. The molecule has 0 aliphatic heterocycles. The molecule has 21 heavy (non-hydrogen) atoms. The molecule has 6 heteroatoms. The monoisotopic (exact) mass is 305 g/mol. The van der Waals surface area contributed by atoms with E-state index in [-0.39, 0.29) is 12.5 Å². The van der Waals surface area contributed by atoms with Crippen LogP contribution < -0.4 is 15.4 Å². The van der Waals surface area contributed by atoms with E-state index >= 15 is 0 Å². The van der Waals surface area contributed by atoms with Gasteiger partial charge in [-0.2, -0.15) is 0 Å². The van der Waals surface area contributed by atoms with Gasteiger partial charge in [0, 0.05) is 29.5 Å². The number of nitrogens with zero attached hydrogens (tertiary/aromatic N) is 1. The van der Waals surface area contributed by atoms with Gasteiger partial charge in [0.1, 0.15) is 0 Å². The predicted octanol–water partition coefficient (Wildman–Crippen LogP) is 2.47. The minimum absolute atomic E-state index is 0.127. The van der Waals surface area contributed by atoms with Crippen LogP contribution in [0, 0.1) is 0 Å². The number of nitrogens with one attached hydrogen (secondary N) is 2. The van der Waals surface area contributed by atoms with Gasteiger partial charge in [0.15, 0.2) is 0 Å². The molecule has 1 amide bonds. The van der Waals surface area contributed by atoms with E-state index in [9.17, 15) is 4.79 Å². The van der Waals surface area contributed by atoms with E-state index in [0.717, 1.165) is 5.56 Å². The topological polar surface area (TPSA) is 63.2 Å². The van der Waals surface area contributed by atoms with Crippen LogP contribution in [-0.4, -0.2) is 24.5 Å². The SMILES string of the molecule is COc1cc(CNCC(=O)Nc2cccc(Cl)c2)ccn1. The van der Waals surface area contributed by atoms with Crippen molar-refractivity contribution < 1.29 is 9.53 Å². The summed E-state index contributed by atoms with van der Waals surface area (Å²) in [5.41, 5.74) is 1.68. The molecule has 0 aliphatic rings. The van der Waals surface area contributed by atoms with E-state index in [1.165, 1.54) is 0 Å². The number of aromatic nitrogens is 1. The lowest BCUT2D eigenvalue weighted by atomic mass is 10.2. The van der Waals surface area contributed by atoms with Crippen LogP contribution >= 0.6 is 11.6 Å². The summed E-state index contributed by atoms with van der Waals surface area (Å²) in [7, 11) is 1.57. The van der Waals surface area contributed by atoms with Crippen LogP contribution in [0.3, 0.4) is 0 Å². The average molecular weight is 306 g/mol. The summed E-state index contributed by atoms with van der Waals surface area (Å²) in [5.74, 6) is 0.427. The number of rotatable bonds is 6. The first-order valence-electron chi connectivity index (χ1n) is 6.42. The first kappa shape index (κ1) is 15.3. The van der Waals surface area contributed by atoms with Gasteiger partial charge in [-0.3, -0.25) is 4.79 Å². The van der Waals surface area contributed by atoms with Crippen molar-refractivity contribution in [3.05, 3.63) is 53.2 Å². The number of pyridine rings is 1. The highest BCUT2D eigenvalue weighted by atomic mass is 35.5. The maximum atomic E-state index is 11.8. The summed E-state index contributed by atoms with van der Waals surface area (Å²) in [6.45, 7) is 0.763. The van der Waals surface area contributed by atoms with Crippen molar-refractivity contribution in [3.63, 3.8) is 0 Å². The third kappa shape index (κ3) is 5.06. The largest absolute Gasteiger partial charge is 0.481 e. The highest BCUT2D eigenvalue weighted by Crippen LogP contribution is 2.14. The van der Waals surface area contributed by atoms with Crippen LogP contribution in [0.1, 0.15) is 5.56 Å². The highest BCUT2D eigenvalue weighted by molar-refractivity contribution is 6.30. The van der Waals surface area contributed by atoms with Crippen LogP contribution in [0.15, 0.2) is 42.6 Å². The van der Waals surface area contributed by atoms with Crippen LogP contribution in [-0.2, 0) is 11.3 Å². The van der Waals surface area contributed by atoms with Crippen molar-refractivity contribution in [1.82, 2.24) is 10.3 Å². The lowest BCUT2D eigenvalue weighted by Crippen LogP contribution is -2.27. The molecule has 0 aliphatic carbocycles.